The smallest absolute Gasteiger partial charge is 0.395 e. The Kier molecular flexibility index (Phi) is 3.98. The highest BCUT2D eigenvalue weighted by Gasteiger charge is 2.37. The van der Waals surface area contributed by atoms with Crippen LogP contribution in [-0.2, 0) is 4.79 Å². The standard InChI is InChI=1S/C15H12FN3O5/c16-10-1-3-11(4-2-10)17-14(20)9-7-18(8-9)15(21)12-5-6-13(24-12)19(22)23/h1-6,9H,7-8H2,(H,17,20). The maximum absolute atomic E-state index is 12.8. The van der Waals surface area contributed by atoms with Crippen molar-refractivity contribution < 1.29 is 23.3 Å². The number of halogens is 1. The van der Waals surface area contributed by atoms with Crippen LogP contribution in [0.2, 0.25) is 0 Å². The van der Waals surface area contributed by atoms with Gasteiger partial charge in [0.1, 0.15) is 10.7 Å². The number of likely N-dealkylation sites (tertiary alicyclic amines) is 1. The van der Waals surface area contributed by atoms with Crippen molar-refractivity contribution in [3.8, 4) is 0 Å². The minimum absolute atomic E-state index is 0.140. The Bertz CT molecular complexity index is 796. The van der Waals surface area contributed by atoms with E-state index in [-0.39, 0.29) is 24.8 Å². The fourth-order valence-electron chi connectivity index (χ4n) is 2.28. The number of nitro groups is 1. The number of carbonyl (C=O) groups is 2. The number of amides is 2. The maximum atomic E-state index is 12.8. The molecule has 0 spiro atoms. The molecule has 0 unspecified atom stereocenters. The molecule has 2 heterocycles. The summed E-state index contributed by atoms with van der Waals surface area (Å²) in [6.45, 7) is 0.362. The highest BCUT2D eigenvalue weighted by molar-refractivity contribution is 5.97. The molecule has 0 radical (unpaired) electrons. The first-order valence-corrected chi connectivity index (χ1v) is 7.04. The van der Waals surface area contributed by atoms with Gasteiger partial charge in [-0.1, -0.05) is 0 Å². The monoisotopic (exact) mass is 333 g/mol. The summed E-state index contributed by atoms with van der Waals surface area (Å²) in [5.41, 5.74) is 0.466. The Morgan fingerprint density at radius 2 is 1.88 bits per heavy atom. The molecule has 1 fully saturated rings. The van der Waals surface area contributed by atoms with Crippen LogP contribution in [0.4, 0.5) is 16.0 Å². The van der Waals surface area contributed by atoms with Gasteiger partial charge in [0.15, 0.2) is 5.76 Å². The fourth-order valence-corrected chi connectivity index (χ4v) is 2.28. The lowest BCUT2D eigenvalue weighted by Gasteiger charge is -2.37. The molecule has 124 valence electrons. The number of furan rings is 1. The third-order valence-electron chi connectivity index (χ3n) is 3.63. The van der Waals surface area contributed by atoms with Crippen molar-refractivity contribution in [2.45, 2.75) is 0 Å². The Hall–Kier alpha value is -3.23. The molecule has 1 N–H and O–H groups in total. The summed E-state index contributed by atoms with van der Waals surface area (Å²) in [6, 6.07) is 7.68. The van der Waals surface area contributed by atoms with E-state index in [0.29, 0.717) is 5.69 Å². The molecule has 0 saturated carbocycles. The molecule has 1 aromatic carbocycles. The van der Waals surface area contributed by atoms with Gasteiger partial charge in [0.05, 0.1) is 12.0 Å². The Morgan fingerprint density at radius 1 is 1.21 bits per heavy atom. The average Bonchev–Trinajstić information content (AvgIpc) is 2.98. The number of hydrogen-bond donors (Lipinski definition) is 1. The Labute approximate surface area is 135 Å². The highest BCUT2D eigenvalue weighted by atomic mass is 19.1. The van der Waals surface area contributed by atoms with Crippen LogP contribution in [-0.4, -0.2) is 34.7 Å². The number of anilines is 1. The lowest BCUT2D eigenvalue weighted by Crippen LogP contribution is -2.54. The van der Waals surface area contributed by atoms with E-state index in [1.54, 1.807) is 0 Å². The lowest BCUT2D eigenvalue weighted by molar-refractivity contribution is -0.402. The van der Waals surface area contributed by atoms with Gasteiger partial charge in [0, 0.05) is 18.8 Å². The zero-order valence-electron chi connectivity index (χ0n) is 12.3. The first-order chi connectivity index (χ1) is 11.4. The number of nitrogens with one attached hydrogen (secondary N) is 1. The van der Waals surface area contributed by atoms with Crippen LogP contribution in [0, 0.1) is 21.8 Å². The molecule has 0 atom stereocenters. The molecule has 8 nitrogen and oxygen atoms in total. The molecule has 0 aliphatic carbocycles. The fraction of sp³-hybridized carbons (Fsp3) is 0.200. The highest BCUT2D eigenvalue weighted by Crippen LogP contribution is 2.23. The molecule has 1 saturated heterocycles. The third-order valence-corrected chi connectivity index (χ3v) is 3.63. The van der Waals surface area contributed by atoms with E-state index in [2.05, 4.69) is 5.32 Å². The zero-order valence-corrected chi connectivity index (χ0v) is 12.3. The van der Waals surface area contributed by atoms with Gasteiger partial charge in [-0.3, -0.25) is 19.7 Å². The van der Waals surface area contributed by atoms with Gasteiger partial charge in [0.2, 0.25) is 5.91 Å². The third kappa shape index (κ3) is 3.09. The topological polar surface area (TPSA) is 106 Å². The van der Waals surface area contributed by atoms with Crippen molar-refractivity contribution in [1.82, 2.24) is 4.90 Å². The van der Waals surface area contributed by atoms with E-state index < -0.39 is 28.4 Å². The predicted octanol–water partition coefficient (Wildman–Crippen LogP) is 2.04. The molecule has 2 aromatic rings. The van der Waals surface area contributed by atoms with Crippen molar-refractivity contribution in [2.24, 2.45) is 5.92 Å². The summed E-state index contributed by atoms with van der Waals surface area (Å²) in [7, 11) is 0. The van der Waals surface area contributed by atoms with Gasteiger partial charge in [-0.2, -0.15) is 0 Å². The lowest BCUT2D eigenvalue weighted by atomic mass is 9.98. The molecule has 2 amide bonds. The van der Waals surface area contributed by atoms with Crippen molar-refractivity contribution in [1.29, 1.82) is 0 Å². The number of rotatable bonds is 4. The summed E-state index contributed by atoms with van der Waals surface area (Å²) in [4.78, 5) is 35.3. The first kappa shape index (κ1) is 15.7. The van der Waals surface area contributed by atoms with Gasteiger partial charge in [0.25, 0.3) is 5.91 Å². The van der Waals surface area contributed by atoms with Crippen LogP contribution >= 0.6 is 0 Å². The molecule has 3 rings (SSSR count). The molecule has 1 aliphatic rings. The van der Waals surface area contributed by atoms with Crippen LogP contribution in [0.15, 0.2) is 40.8 Å². The van der Waals surface area contributed by atoms with Crippen LogP contribution in [0.25, 0.3) is 0 Å². The number of benzene rings is 1. The Morgan fingerprint density at radius 3 is 2.46 bits per heavy atom. The SMILES string of the molecule is O=C(Nc1ccc(F)cc1)C1CN(C(=O)c2ccc([N+](=O)[O-])o2)C1. The second kappa shape index (κ2) is 6.11. The molecule has 0 bridgehead atoms. The van der Waals surface area contributed by atoms with Crippen molar-refractivity contribution in [3.05, 3.63) is 58.1 Å². The van der Waals surface area contributed by atoms with Crippen molar-refractivity contribution in [3.63, 3.8) is 0 Å². The quantitative estimate of drug-likeness (QED) is 0.681. The van der Waals surface area contributed by atoms with E-state index in [9.17, 15) is 24.1 Å². The van der Waals surface area contributed by atoms with Gasteiger partial charge in [-0.15, -0.1) is 0 Å². The van der Waals surface area contributed by atoms with Gasteiger partial charge in [-0.25, -0.2) is 4.39 Å². The largest absolute Gasteiger partial charge is 0.433 e. The molecule has 1 aromatic heterocycles. The predicted molar refractivity (Wildman–Crippen MR) is 79.8 cm³/mol. The second-order valence-corrected chi connectivity index (χ2v) is 5.30. The number of nitrogens with zero attached hydrogens (tertiary/aromatic N) is 2. The first-order valence-electron chi connectivity index (χ1n) is 7.04. The van der Waals surface area contributed by atoms with Crippen molar-refractivity contribution in [2.75, 3.05) is 18.4 Å². The van der Waals surface area contributed by atoms with Crippen LogP contribution in [0.1, 0.15) is 10.6 Å². The normalized spacial score (nSPS) is 14.1. The zero-order chi connectivity index (χ0) is 17.3. The van der Waals surface area contributed by atoms with Crippen LogP contribution < -0.4 is 5.32 Å². The van der Waals surface area contributed by atoms with E-state index in [4.69, 9.17) is 4.42 Å². The average molecular weight is 333 g/mol. The van der Waals surface area contributed by atoms with E-state index in [1.807, 2.05) is 0 Å². The summed E-state index contributed by atoms with van der Waals surface area (Å²) >= 11 is 0. The van der Waals surface area contributed by atoms with Gasteiger partial charge >= 0.3 is 5.88 Å². The number of hydrogen-bond acceptors (Lipinski definition) is 5. The molecule has 24 heavy (non-hydrogen) atoms. The molecular formula is C15H12FN3O5. The van der Waals surface area contributed by atoms with E-state index in [0.717, 1.165) is 6.07 Å². The molecule has 9 heteroatoms. The van der Waals surface area contributed by atoms with Crippen LogP contribution in [0.3, 0.4) is 0 Å². The molecule has 1 aliphatic heterocycles. The number of carbonyl (C=O) groups excluding carboxylic acids is 2. The van der Waals surface area contributed by atoms with Gasteiger partial charge < -0.3 is 14.6 Å². The summed E-state index contributed by atoms with van der Waals surface area (Å²) < 4.78 is 17.6. The minimum atomic E-state index is -0.730. The maximum Gasteiger partial charge on any atom is 0.433 e. The summed E-state index contributed by atoms with van der Waals surface area (Å²) in [5.74, 6) is -2.24. The van der Waals surface area contributed by atoms with E-state index >= 15 is 0 Å². The molecular weight excluding hydrogens is 321 g/mol. The minimum Gasteiger partial charge on any atom is -0.395 e. The summed E-state index contributed by atoms with van der Waals surface area (Å²) in [5, 5.41) is 13.2. The van der Waals surface area contributed by atoms with E-state index in [1.165, 1.54) is 35.2 Å². The van der Waals surface area contributed by atoms with Crippen molar-refractivity contribution >= 4 is 23.4 Å². The second-order valence-electron chi connectivity index (χ2n) is 5.30. The Balaban J connectivity index is 1.54. The summed E-state index contributed by atoms with van der Waals surface area (Å²) in [6.07, 6.45) is 0. The van der Waals surface area contributed by atoms with Gasteiger partial charge in [-0.05, 0) is 30.3 Å². The van der Waals surface area contributed by atoms with Crippen LogP contribution in [0.5, 0.6) is 0 Å².